The molecule has 14 heteroatoms. The van der Waals surface area contributed by atoms with Gasteiger partial charge in [-0.25, -0.2) is 9.59 Å². The third-order valence-corrected chi connectivity index (χ3v) is 2.95. The molecule has 22 heavy (non-hydrogen) atoms. The maximum atomic E-state index is 11.5. The van der Waals surface area contributed by atoms with Crippen LogP contribution in [0.2, 0.25) is 0 Å². The number of carbonyl (C=O) groups excluding carboxylic acids is 2. The zero-order valence-electron chi connectivity index (χ0n) is 11.9. The predicted molar refractivity (Wildman–Crippen MR) is 70.3 cm³/mol. The predicted octanol–water partition coefficient (Wildman–Crippen LogP) is -1.35. The Kier molecular flexibility index (Phi) is 8.07. The standard InChI is InChI=1S/C8H16N2O10S2/c1-4-10-8(12)18-6(17-7(11)9-2)5-22(15,16)20-19-21(3,13)14/h6H,4-5H2,1-3H3,(H,9,11)(H,10,12). The molecule has 0 saturated heterocycles. The fraction of sp³-hybridized carbons (Fsp3) is 0.750. The summed E-state index contributed by atoms with van der Waals surface area (Å²) in [5.74, 6) is -1.19. The topological polar surface area (TPSA) is 163 Å². The first-order valence-corrected chi connectivity index (χ1v) is 9.01. The van der Waals surface area contributed by atoms with Crippen molar-refractivity contribution in [3.05, 3.63) is 0 Å². The van der Waals surface area contributed by atoms with Crippen molar-refractivity contribution in [2.24, 2.45) is 0 Å². The first-order chi connectivity index (χ1) is 9.99. The molecule has 0 aliphatic carbocycles. The van der Waals surface area contributed by atoms with Crippen LogP contribution in [0.1, 0.15) is 6.92 Å². The minimum Gasteiger partial charge on any atom is -0.408 e. The first kappa shape index (κ1) is 20.4. The molecule has 0 aromatic carbocycles. The molecule has 0 aliphatic rings. The Hall–Kier alpha value is -1.64. The summed E-state index contributed by atoms with van der Waals surface area (Å²) in [5, 5.41) is 4.18. The summed E-state index contributed by atoms with van der Waals surface area (Å²) in [4.78, 5) is 22.3. The van der Waals surface area contributed by atoms with E-state index in [1.165, 1.54) is 7.05 Å². The van der Waals surface area contributed by atoms with Crippen molar-refractivity contribution >= 4 is 32.4 Å². The van der Waals surface area contributed by atoms with Gasteiger partial charge in [-0.05, 0) is 6.92 Å². The van der Waals surface area contributed by atoms with Gasteiger partial charge in [0.05, 0.1) is 6.26 Å². The van der Waals surface area contributed by atoms with Crippen molar-refractivity contribution in [2.75, 3.05) is 25.6 Å². The number of ether oxygens (including phenoxy) is 2. The Morgan fingerprint density at radius 2 is 1.59 bits per heavy atom. The summed E-state index contributed by atoms with van der Waals surface area (Å²) in [5.41, 5.74) is 0. The molecule has 1 atom stereocenters. The average molecular weight is 364 g/mol. The summed E-state index contributed by atoms with van der Waals surface area (Å²) in [6.45, 7) is 1.74. The van der Waals surface area contributed by atoms with E-state index in [-0.39, 0.29) is 6.54 Å². The number of amides is 2. The molecular formula is C8H16N2O10S2. The summed E-state index contributed by atoms with van der Waals surface area (Å²) in [6.07, 6.45) is -3.49. The SMILES string of the molecule is CCNC(=O)OC(CS(=O)(=O)OOS(C)(=O)=O)OC(=O)NC. The molecule has 130 valence electrons. The smallest absolute Gasteiger partial charge is 0.408 e. The molecule has 1 unspecified atom stereocenters. The minimum atomic E-state index is -4.64. The Balaban J connectivity index is 4.86. The first-order valence-electron chi connectivity index (χ1n) is 5.62. The molecule has 0 bridgehead atoms. The zero-order valence-corrected chi connectivity index (χ0v) is 13.5. The van der Waals surface area contributed by atoms with Gasteiger partial charge in [0.25, 0.3) is 16.4 Å². The van der Waals surface area contributed by atoms with Gasteiger partial charge in [0.2, 0.25) is 0 Å². The highest BCUT2D eigenvalue weighted by molar-refractivity contribution is 7.88. The van der Waals surface area contributed by atoms with Gasteiger partial charge >= 0.3 is 22.3 Å². The quantitative estimate of drug-likeness (QED) is 0.299. The maximum absolute atomic E-state index is 11.5. The number of rotatable bonds is 8. The largest absolute Gasteiger partial charge is 0.410 e. The van der Waals surface area contributed by atoms with Crippen LogP contribution in [0.3, 0.4) is 0 Å². The zero-order chi connectivity index (χ0) is 17.4. The van der Waals surface area contributed by atoms with Crippen LogP contribution in [-0.2, 0) is 38.4 Å². The molecule has 0 saturated carbocycles. The van der Waals surface area contributed by atoms with Crippen LogP contribution >= 0.6 is 0 Å². The molecule has 2 amide bonds. The van der Waals surface area contributed by atoms with Gasteiger partial charge in [0.15, 0.2) is 5.75 Å². The van der Waals surface area contributed by atoms with Crippen LogP contribution < -0.4 is 10.6 Å². The molecular weight excluding hydrogens is 348 g/mol. The lowest BCUT2D eigenvalue weighted by atomic mass is 10.7. The molecule has 0 aromatic rings. The minimum absolute atomic E-state index is 0.173. The second-order valence-corrected chi connectivity index (χ2v) is 6.71. The lowest BCUT2D eigenvalue weighted by Crippen LogP contribution is -2.38. The molecule has 0 spiro atoms. The van der Waals surface area contributed by atoms with Gasteiger partial charge in [-0.1, -0.05) is 8.67 Å². The monoisotopic (exact) mass is 364 g/mol. The van der Waals surface area contributed by atoms with E-state index in [4.69, 9.17) is 0 Å². The van der Waals surface area contributed by atoms with Crippen molar-refractivity contribution in [3.8, 4) is 0 Å². The number of alkyl carbamates (subject to hydrolysis) is 2. The Morgan fingerprint density at radius 1 is 1.05 bits per heavy atom. The fourth-order valence-electron chi connectivity index (χ4n) is 0.863. The number of carbonyl (C=O) groups is 2. The molecule has 0 rings (SSSR count). The molecule has 0 radical (unpaired) electrons. The highest BCUT2D eigenvalue weighted by atomic mass is 32.2. The number of hydrogen-bond acceptors (Lipinski definition) is 10. The summed E-state index contributed by atoms with van der Waals surface area (Å²) >= 11 is 0. The normalized spacial score (nSPS) is 13.0. The van der Waals surface area contributed by atoms with E-state index in [1.807, 2.05) is 5.32 Å². The van der Waals surface area contributed by atoms with Crippen molar-refractivity contribution < 1.29 is 44.6 Å². The van der Waals surface area contributed by atoms with E-state index in [2.05, 4.69) is 23.5 Å². The lowest BCUT2D eigenvalue weighted by Gasteiger charge is -2.17. The highest BCUT2D eigenvalue weighted by Gasteiger charge is 2.28. The Labute approximate surface area is 127 Å². The molecule has 12 nitrogen and oxygen atoms in total. The average Bonchev–Trinajstić information content (AvgIpc) is 2.35. The van der Waals surface area contributed by atoms with Crippen LogP contribution in [0.15, 0.2) is 0 Å². The number of hydrogen-bond donors (Lipinski definition) is 2. The summed E-state index contributed by atoms with van der Waals surface area (Å²) in [6, 6.07) is 0. The Morgan fingerprint density at radius 3 is 2.05 bits per heavy atom. The van der Waals surface area contributed by atoms with Gasteiger partial charge in [-0.2, -0.15) is 16.8 Å². The summed E-state index contributed by atoms with van der Waals surface area (Å²) < 4.78 is 60.6. The van der Waals surface area contributed by atoms with Gasteiger partial charge in [0.1, 0.15) is 0 Å². The van der Waals surface area contributed by atoms with Crippen molar-refractivity contribution in [2.45, 2.75) is 13.2 Å². The third-order valence-electron chi connectivity index (χ3n) is 1.60. The molecule has 2 N–H and O–H groups in total. The van der Waals surface area contributed by atoms with E-state index in [9.17, 15) is 26.4 Å². The van der Waals surface area contributed by atoms with Crippen LogP contribution in [0.5, 0.6) is 0 Å². The van der Waals surface area contributed by atoms with E-state index in [1.54, 1.807) is 6.92 Å². The highest BCUT2D eigenvalue weighted by Crippen LogP contribution is 2.06. The van der Waals surface area contributed by atoms with Crippen LogP contribution in [0.4, 0.5) is 9.59 Å². The molecule has 0 aliphatic heterocycles. The van der Waals surface area contributed by atoms with Crippen LogP contribution in [0, 0.1) is 0 Å². The van der Waals surface area contributed by atoms with Gasteiger partial charge in [-0.15, -0.1) is 0 Å². The van der Waals surface area contributed by atoms with Gasteiger partial charge in [-0.3, -0.25) is 0 Å². The molecule has 0 fully saturated rings. The van der Waals surface area contributed by atoms with Crippen molar-refractivity contribution in [3.63, 3.8) is 0 Å². The summed E-state index contributed by atoms with van der Waals surface area (Å²) in [7, 11) is -7.65. The second kappa shape index (κ2) is 8.72. The maximum Gasteiger partial charge on any atom is 0.410 e. The van der Waals surface area contributed by atoms with Crippen molar-refractivity contribution in [1.29, 1.82) is 0 Å². The van der Waals surface area contributed by atoms with E-state index in [0.717, 1.165) is 0 Å². The van der Waals surface area contributed by atoms with Gasteiger partial charge in [0, 0.05) is 13.6 Å². The second-order valence-electron chi connectivity index (χ2n) is 3.59. The van der Waals surface area contributed by atoms with Crippen LogP contribution in [0.25, 0.3) is 0 Å². The lowest BCUT2D eigenvalue weighted by molar-refractivity contribution is -0.0907. The number of nitrogens with one attached hydrogen (secondary N) is 2. The molecule has 0 heterocycles. The third kappa shape index (κ3) is 10.1. The van der Waals surface area contributed by atoms with E-state index >= 15 is 0 Å². The van der Waals surface area contributed by atoms with Gasteiger partial charge < -0.3 is 20.1 Å². The molecule has 0 aromatic heterocycles. The van der Waals surface area contributed by atoms with Crippen molar-refractivity contribution in [1.82, 2.24) is 10.6 Å². The van der Waals surface area contributed by atoms with E-state index in [0.29, 0.717) is 6.26 Å². The fourth-order valence-corrected chi connectivity index (χ4v) is 2.13. The Bertz CT molecular complexity index is 584. The van der Waals surface area contributed by atoms with Crippen LogP contribution in [-0.4, -0.2) is 60.9 Å². The van der Waals surface area contributed by atoms with E-state index < -0.39 is 44.5 Å².